The molecule has 0 fully saturated rings. The lowest BCUT2D eigenvalue weighted by Gasteiger charge is -1.99. The molecule has 15 heavy (non-hydrogen) atoms. The smallest absolute Gasteiger partial charge is 0.240 e. The predicted octanol–water partition coefficient (Wildman–Crippen LogP) is 1.67. The molecular formula is C10H12BrN3O. The lowest BCUT2D eigenvalue weighted by atomic mass is 10.2. The number of aromatic nitrogens is 2. The Balaban J connectivity index is 2.53. The highest BCUT2D eigenvalue weighted by molar-refractivity contribution is 9.10. The fourth-order valence-corrected chi connectivity index (χ4v) is 2.14. The summed E-state index contributed by atoms with van der Waals surface area (Å²) in [5.41, 5.74) is 6.42. The summed E-state index contributed by atoms with van der Waals surface area (Å²) in [6.45, 7) is 0.977. The van der Waals surface area contributed by atoms with E-state index in [1.165, 1.54) is 0 Å². The molecule has 0 radical (unpaired) electrons. The highest BCUT2D eigenvalue weighted by Gasteiger charge is 2.11. The van der Waals surface area contributed by atoms with E-state index in [-0.39, 0.29) is 0 Å². The van der Waals surface area contributed by atoms with Crippen LogP contribution in [0.4, 0.5) is 0 Å². The van der Waals surface area contributed by atoms with Crippen molar-refractivity contribution in [3.05, 3.63) is 22.7 Å². The van der Waals surface area contributed by atoms with Crippen molar-refractivity contribution >= 4 is 26.8 Å². The van der Waals surface area contributed by atoms with Crippen LogP contribution in [-0.4, -0.2) is 22.9 Å². The third-order valence-electron chi connectivity index (χ3n) is 2.14. The SMILES string of the molecule is Cn1nc(OCCN)c2cccc(Br)c21. The Kier molecular flexibility index (Phi) is 2.93. The Morgan fingerprint density at radius 1 is 1.53 bits per heavy atom. The fraction of sp³-hybridized carbons (Fsp3) is 0.300. The third kappa shape index (κ3) is 1.85. The van der Waals surface area contributed by atoms with Crippen LogP contribution in [0, 0.1) is 0 Å². The number of hydrogen-bond acceptors (Lipinski definition) is 3. The Morgan fingerprint density at radius 3 is 3.07 bits per heavy atom. The summed E-state index contributed by atoms with van der Waals surface area (Å²) in [6.07, 6.45) is 0. The van der Waals surface area contributed by atoms with E-state index in [1.54, 1.807) is 4.68 Å². The lowest BCUT2D eigenvalue weighted by molar-refractivity contribution is 0.315. The zero-order chi connectivity index (χ0) is 10.8. The minimum Gasteiger partial charge on any atom is -0.475 e. The molecule has 1 aromatic carbocycles. The van der Waals surface area contributed by atoms with Crippen LogP contribution in [0.15, 0.2) is 22.7 Å². The number of ether oxygens (including phenoxy) is 1. The molecule has 4 nitrogen and oxygen atoms in total. The van der Waals surface area contributed by atoms with Crippen LogP contribution in [0.25, 0.3) is 10.9 Å². The predicted molar refractivity (Wildman–Crippen MR) is 63.0 cm³/mol. The molecule has 0 saturated carbocycles. The molecule has 2 rings (SSSR count). The summed E-state index contributed by atoms with van der Waals surface area (Å²) in [7, 11) is 1.89. The normalized spacial score (nSPS) is 10.9. The van der Waals surface area contributed by atoms with Gasteiger partial charge in [-0.05, 0) is 28.1 Å². The van der Waals surface area contributed by atoms with E-state index in [4.69, 9.17) is 10.5 Å². The van der Waals surface area contributed by atoms with Crippen molar-refractivity contribution in [3.63, 3.8) is 0 Å². The van der Waals surface area contributed by atoms with Crippen molar-refractivity contribution in [2.24, 2.45) is 12.8 Å². The van der Waals surface area contributed by atoms with Gasteiger partial charge >= 0.3 is 0 Å². The van der Waals surface area contributed by atoms with Gasteiger partial charge < -0.3 is 10.5 Å². The number of para-hydroxylation sites is 1. The first-order valence-corrected chi connectivity index (χ1v) is 5.47. The maximum atomic E-state index is 5.47. The van der Waals surface area contributed by atoms with Gasteiger partial charge in [-0.25, -0.2) is 0 Å². The number of halogens is 1. The molecule has 0 atom stereocenters. The van der Waals surface area contributed by atoms with Gasteiger partial charge in [-0.2, -0.15) is 0 Å². The van der Waals surface area contributed by atoms with Crippen molar-refractivity contribution in [1.29, 1.82) is 0 Å². The quantitative estimate of drug-likeness (QED) is 0.923. The van der Waals surface area contributed by atoms with E-state index in [0.717, 1.165) is 15.4 Å². The Hall–Kier alpha value is -1.07. The van der Waals surface area contributed by atoms with E-state index in [9.17, 15) is 0 Å². The monoisotopic (exact) mass is 269 g/mol. The largest absolute Gasteiger partial charge is 0.475 e. The van der Waals surface area contributed by atoms with Gasteiger partial charge in [0.2, 0.25) is 5.88 Å². The van der Waals surface area contributed by atoms with Gasteiger partial charge in [0.15, 0.2) is 0 Å². The molecular weight excluding hydrogens is 258 g/mol. The number of nitrogens with zero attached hydrogens (tertiary/aromatic N) is 2. The minimum atomic E-state index is 0.485. The molecule has 0 bridgehead atoms. The van der Waals surface area contributed by atoms with Crippen LogP contribution in [0.3, 0.4) is 0 Å². The average Bonchev–Trinajstić information content (AvgIpc) is 2.54. The Bertz CT molecular complexity index is 481. The molecule has 0 spiro atoms. The zero-order valence-electron chi connectivity index (χ0n) is 8.40. The van der Waals surface area contributed by atoms with Gasteiger partial charge in [0.25, 0.3) is 0 Å². The van der Waals surface area contributed by atoms with E-state index in [1.807, 2.05) is 25.2 Å². The van der Waals surface area contributed by atoms with Gasteiger partial charge in [0, 0.05) is 18.1 Å². The van der Waals surface area contributed by atoms with Gasteiger partial charge in [0.05, 0.1) is 10.9 Å². The standard InChI is InChI=1S/C10H12BrN3O/c1-14-9-7(3-2-4-8(9)11)10(13-14)15-6-5-12/h2-4H,5-6,12H2,1H3. The highest BCUT2D eigenvalue weighted by atomic mass is 79.9. The van der Waals surface area contributed by atoms with Crippen molar-refractivity contribution < 1.29 is 4.74 Å². The van der Waals surface area contributed by atoms with Crippen molar-refractivity contribution in [2.45, 2.75) is 0 Å². The molecule has 0 unspecified atom stereocenters. The topological polar surface area (TPSA) is 53.1 Å². The summed E-state index contributed by atoms with van der Waals surface area (Å²) in [4.78, 5) is 0. The van der Waals surface area contributed by atoms with E-state index < -0.39 is 0 Å². The van der Waals surface area contributed by atoms with E-state index in [0.29, 0.717) is 19.0 Å². The molecule has 0 aliphatic carbocycles. The van der Waals surface area contributed by atoms with Crippen LogP contribution < -0.4 is 10.5 Å². The molecule has 0 saturated heterocycles. The van der Waals surface area contributed by atoms with E-state index >= 15 is 0 Å². The number of aryl methyl sites for hydroxylation is 1. The van der Waals surface area contributed by atoms with Crippen LogP contribution in [-0.2, 0) is 7.05 Å². The zero-order valence-corrected chi connectivity index (χ0v) is 9.99. The second kappa shape index (κ2) is 4.20. The lowest BCUT2D eigenvalue weighted by Crippen LogP contribution is -2.11. The maximum absolute atomic E-state index is 5.47. The number of fused-ring (bicyclic) bond motifs is 1. The first-order chi connectivity index (χ1) is 7.24. The molecule has 1 aromatic heterocycles. The summed E-state index contributed by atoms with van der Waals surface area (Å²) in [5.74, 6) is 0.638. The molecule has 5 heteroatoms. The van der Waals surface area contributed by atoms with Gasteiger partial charge in [-0.3, -0.25) is 4.68 Å². The second-order valence-corrected chi connectivity index (χ2v) is 4.06. The summed E-state index contributed by atoms with van der Waals surface area (Å²) >= 11 is 3.49. The first kappa shape index (κ1) is 10.4. The van der Waals surface area contributed by atoms with Crippen LogP contribution in [0.5, 0.6) is 5.88 Å². The minimum absolute atomic E-state index is 0.485. The van der Waals surface area contributed by atoms with Gasteiger partial charge in [0.1, 0.15) is 6.61 Å². The molecule has 1 heterocycles. The molecule has 0 aliphatic rings. The number of benzene rings is 1. The summed E-state index contributed by atoms with van der Waals surface area (Å²) in [6, 6.07) is 5.93. The number of nitrogens with two attached hydrogens (primary N) is 1. The highest BCUT2D eigenvalue weighted by Crippen LogP contribution is 2.29. The summed E-state index contributed by atoms with van der Waals surface area (Å²) in [5, 5.41) is 5.30. The van der Waals surface area contributed by atoms with Gasteiger partial charge in [-0.1, -0.05) is 6.07 Å². The second-order valence-electron chi connectivity index (χ2n) is 3.20. The van der Waals surface area contributed by atoms with Crippen LogP contribution in [0.2, 0.25) is 0 Å². The average molecular weight is 270 g/mol. The van der Waals surface area contributed by atoms with Crippen molar-refractivity contribution in [1.82, 2.24) is 9.78 Å². The molecule has 80 valence electrons. The van der Waals surface area contributed by atoms with E-state index in [2.05, 4.69) is 21.0 Å². The Labute approximate surface area is 96.1 Å². The Morgan fingerprint density at radius 2 is 2.33 bits per heavy atom. The molecule has 2 aromatic rings. The molecule has 0 amide bonds. The van der Waals surface area contributed by atoms with Gasteiger partial charge in [-0.15, -0.1) is 5.10 Å². The molecule has 2 N–H and O–H groups in total. The number of rotatable bonds is 3. The third-order valence-corrected chi connectivity index (χ3v) is 2.78. The molecule has 0 aliphatic heterocycles. The van der Waals surface area contributed by atoms with Crippen LogP contribution in [0.1, 0.15) is 0 Å². The fourth-order valence-electron chi connectivity index (χ4n) is 1.52. The first-order valence-electron chi connectivity index (χ1n) is 4.68. The number of hydrogen-bond donors (Lipinski definition) is 1. The van der Waals surface area contributed by atoms with Crippen LogP contribution >= 0.6 is 15.9 Å². The van der Waals surface area contributed by atoms with Crippen molar-refractivity contribution in [2.75, 3.05) is 13.2 Å². The summed E-state index contributed by atoms with van der Waals surface area (Å²) < 4.78 is 8.28. The van der Waals surface area contributed by atoms with Crippen molar-refractivity contribution in [3.8, 4) is 5.88 Å². The maximum Gasteiger partial charge on any atom is 0.240 e.